The maximum atomic E-state index is 12.9. The van der Waals surface area contributed by atoms with Gasteiger partial charge in [0.25, 0.3) is 12.3 Å². The molecule has 4 atom stereocenters. The van der Waals surface area contributed by atoms with Crippen LogP contribution in [0, 0.1) is 0 Å². The second kappa shape index (κ2) is 7.75. The minimum Gasteiger partial charge on any atom is -0.498 e. The van der Waals surface area contributed by atoms with Crippen LogP contribution in [0.25, 0.3) is 0 Å². The molecule has 0 radical (unpaired) electrons. The summed E-state index contributed by atoms with van der Waals surface area (Å²) in [5.41, 5.74) is -3.35. The van der Waals surface area contributed by atoms with Gasteiger partial charge in [0.05, 0.1) is 22.7 Å². The Balaban J connectivity index is 2.36. The molecule has 3 rings (SSSR count). The highest BCUT2D eigenvalue weighted by molar-refractivity contribution is 6.33. The molecule has 10 nitrogen and oxygen atoms in total. The van der Waals surface area contributed by atoms with Crippen LogP contribution < -0.4 is 10.2 Å². The van der Waals surface area contributed by atoms with Gasteiger partial charge in [0.2, 0.25) is 5.60 Å². The summed E-state index contributed by atoms with van der Waals surface area (Å²) in [6.45, 7) is 9.64. The Bertz CT molecular complexity index is 1000. The van der Waals surface area contributed by atoms with Crippen molar-refractivity contribution < 1.29 is 43.4 Å². The van der Waals surface area contributed by atoms with E-state index in [1.165, 1.54) is 12.1 Å². The minimum atomic E-state index is -1.84. The number of likely N-dealkylation sites (tertiary alicyclic amines) is 1. The molecule has 182 valence electrons. The Morgan fingerprint density at radius 1 is 1.24 bits per heavy atom. The number of carboxylic acid groups (broad SMARTS) is 2. The van der Waals surface area contributed by atoms with Gasteiger partial charge in [0, 0.05) is 12.6 Å². The van der Waals surface area contributed by atoms with E-state index in [0.29, 0.717) is 11.3 Å². The third-order valence-electron chi connectivity index (χ3n) is 6.12. The lowest BCUT2D eigenvalue weighted by Crippen LogP contribution is -2.77. The molecule has 1 aromatic rings. The number of amides is 1. The maximum Gasteiger partial charge on any atom is 0.510 e. The number of para-hydroxylation sites is 1. The van der Waals surface area contributed by atoms with Gasteiger partial charge in [-0.2, -0.15) is 0 Å². The Kier molecular flexibility index (Phi) is 5.89. The molecule has 0 bridgehead atoms. The second-order valence-electron chi connectivity index (χ2n) is 10.3. The molecular formula is C22H29ClN2O8. The number of carboxylic acids is 1. The fraction of sp³-hybridized carbons (Fsp3) is 0.591. The van der Waals surface area contributed by atoms with Crippen molar-refractivity contribution in [3.05, 3.63) is 28.8 Å². The van der Waals surface area contributed by atoms with Crippen molar-refractivity contribution in [3.8, 4) is 0 Å². The van der Waals surface area contributed by atoms with E-state index >= 15 is 0 Å². The Morgan fingerprint density at radius 3 is 2.33 bits per heavy atom. The molecule has 33 heavy (non-hydrogen) atoms. The van der Waals surface area contributed by atoms with Gasteiger partial charge in [-0.05, 0) is 47.6 Å². The summed E-state index contributed by atoms with van der Waals surface area (Å²) in [6, 6.07) is 3.24. The molecule has 11 heteroatoms. The lowest BCUT2D eigenvalue weighted by Gasteiger charge is -2.53. The highest BCUT2D eigenvalue weighted by Crippen LogP contribution is 2.58. The number of quaternary nitrogens is 1. The standard InChI is InChI=1S/C22H29ClN2O8/c1-20(2,3)25(18(28)29)14(16(26)27)11-22(32-19(30)31-21(4,5)6)12-9-8-10-13(23)15(12)24(7)33-17(22)25/h8-10,14,17H,11H2,1-7H3,(H-,26,27,28,29)/t14-,17+,22+,25?/m0/s1. The fourth-order valence-corrected chi connectivity index (χ4v) is 5.24. The first-order chi connectivity index (χ1) is 15.0. The van der Waals surface area contributed by atoms with Gasteiger partial charge in [-0.15, -0.1) is 0 Å². The van der Waals surface area contributed by atoms with Crippen molar-refractivity contribution in [2.75, 3.05) is 12.1 Å². The monoisotopic (exact) mass is 484 g/mol. The van der Waals surface area contributed by atoms with Crippen molar-refractivity contribution in [2.24, 2.45) is 0 Å². The molecule has 0 spiro atoms. The largest absolute Gasteiger partial charge is 0.510 e. The lowest BCUT2D eigenvalue weighted by molar-refractivity contribution is -0.967. The van der Waals surface area contributed by atoms with E-state index in [4.69, 9.17) is 25.9 Å². The van der Waals surface area contributed by atoms with Crippen LogP contribution >= 0.6 is 11.6 Å². The topological polar surface area (TPSA) is 125 Å². The number of hydrogen-bond donors (Lipinski definition) is 1. The van der Waals surface area contributed by atoms with Crippen LogP contribution in [0.15, 0.2) is 18.2 Å². The summed E-state index contributed by atoms with van der Waals surface area (Å²) in [4.78, 5) is 44.2. The number of anilines is 1. The average Bonchev–Trinajstić information content (AvgIpc) is 2.92. The number of fused-ring (bicyclic) bond motifs is 3. The third-order valence-corrected chi connectivity index (χ3v) is 6.43. The number of nitrogens with zero attached hydrogens (tertiary/aromatic N) is 2. The second-order valence-corrected chi connectivity index (χ2v) is 10.7. The smallest absolute Gasteiger partial charge is 0.498 e. The Hall–Kier alpha value is -2.56. The molecule has 0 aromatic heterocycles. The summed E-state index contributed by atoms with van der Waals surface area (Å²) in [6.07, 6.45) is -4.68. The third kappa shape index (κ3) is 3.70. The van der Waals surface area contributed by atoms with E-state index in [1.54, 1.807) is 59.7 Å². The molecule has 1 saturated heterocycles. The van der Waals surface area contributed by atoms with Crippen LogP contribution in [0.1, 0.15) is 53.5 Å². The molecule has 1 fully saturated rings. The van der Waals surface area contributed by atoms with Crippen LogP contribution in [-0.4, -0.2) is 58.3 Å². The van der Waals surface area contributed by atoms with E-state index in [1.807, 2.05) is 0 Å². The SMILES string of the molecule is CN1O[C@@H]2[C@@](OC(=O)OC(C)(C)C)(C[C@@H](C(=O)O)[N+]2(C(=O)[O-])C(C)(C)C)c2cccc(Cl)c21. The van der Waals surface area contributed by atoms with Gasteiger partial charge in [-0.3, -0.25) is 0 Å². The Morgan fingerprint density at radius 2 is 1.85 bits per heavy atom. The first kappa shape index (κ1) is 25.1. The van der Waals surface area contributed by atoms with Gasteiger partial charge in [-0.25, -0.2) is 24.0 Å². The van der Waals surface area contributed by atoms with E-state index < -0.39 is 58.1 Å². The molecular weight excluding hydrogens is 456 g/mol. The number of halogens is 1. The molecule has 1 unspecified atom stereocenters. The van der Waals surface area contributed by atoms with Crippen LogP contribution in [-0.2, 0) is 24.7 Å². The van der Waals surface area contributed by atoms with Crippen molar-refractivity contribution in [2.45, 2.75) is 77.0 Å². The van der Waals surface area contributed by atoms with E-state index in [2.05, 4.69) is 0 Å². The molecule has 2 heterocycles. The highest BCUT2D eigenvalue weighted by atomic mass is 35.5. The van der Waals surface area contributed by atoms with Gasteiger partial charge >= 0.3 is 12.1 Å². The number of hydrogen-bond acceptors (Lipinski definition) is 8. The molecule has 2 aliphatic heterocycles. The number of ether oxygens (including phenoxy) is 2. The van der Waals surface area contributed by atoms with Gasteiger partial charge in [0.1, 0.15) is 5.60 Å². The molecule has 0 saturated carbocycles. The summed E-state index contributed by atoms with van der Waals surface area (Å²) in [7, 11) is 1.52. The predicted octanol–water partition coefficient (Wildman–Crippen LogP) is 3.01. The molecule has 1 N–H and O–H groups in total. The van der Waals surface area contributed by atoms with Crippen LogP contribution in [0.4, 0.5) is 15.3 Å². The van der Waals surface area contributed by atoms with Crippen LogP contribution in [0.5, 0.6) is 0 Å². The van der Waals surface area contributed by atoms with Gasteiger partial charge < -0.3 is 24.5 Å². The lowest BCUT2D eigenvalue weighted by atomic mass is 9.86. The van der Waals surface area contributed by atoms with Crippen molar-refractivity contribution in [3.63, 3.8) is 0 Å². The number of benzene rings is 1. The maximum absolute atomic E-state index is 12.9. The first-order valence-electron chi connectivity index (χ1n) is 10.4. The minimum absolute atomic E-state index is 0.252. The zero-order chi connectivity index (χ0) is 25.1. The molecule has 1 aromatic carbocycles. The number of hydroxylamine groups is 1. The zero-order valence-corrected chi connectivity index (χ0v) is 20.4. The van der Waals surface area contributed by atoms with Crippen molar-refractivity contribution >= 4 is 35.5 Å². The van der Waals surface area contributed by atoms with Gasteiger partial charge in [-0.1, -0.05) is 23.7 Å². The quantitative estimate of drug-likeness (QED) is 0.497. The van der Waals surface area contributed by atoms with E-state index in [0.717, 1.165) is 0 Å². The average molecular weight is 485 g/mol. The number of carbonyl (C=O) groups excluding carboxylic acids is 2. The fourth-order valence-electron chi connectivity index (χ4n) is 4.95. The van der Waals surface area contributed by atoms with Gasteiger partial charge in [0.15, 0.2) is 6.04 Å². The van der Waals surface area contributed by atoms with E-state index in [9.17, 15) is 24.6 Å². The molecule has 0 aliphatic carbocycles. The van der Waals surface area contributed by atoms with Crippen LogP contribution in [0.2, 0.25) is 5.02 Å². The molecule has 1 amide bonds. The summed E-state index contributed by atoms with van der Waals surface area (Å²) in [5, 5.41) is 24.4. The predicted molar refractivity (Wildman–Crippen MR) is 115 cm³/mol. The summed E-state index contributed by atoms with van der Waals surface area (Å²) < 4.78 is 10.0. The number of carbonyl (C=O) groups is 3. The van der Waals surface area contributed by atoms with Crippen molar-refractivity contribution in [1.29, 1.82) is 0 Å². The zero-order valence-electron chi connectivity index (χ0n) is 19.7. The van der Waals surface area contributed by atoms with Crippen LogP contribution in [0.3, 0.4) is 0 Å². The first-order valence-corrected chi connectivity index (χ1v) is 10.8. The Labute approximate surface area is 197 Å². The van der Waals surface area contributed by atoms with Crippen molar-refractivity contribution in [1.82, 2.24) is 0 Å². The highest BCUT2D eigenvalue weighted by Gasteiger charge is 2.76. The summed E-state index contributed by atoms with van der Waals surface area (Å²) in [5.74, 6) is -1.40. The number of aliphatic carboxylic acids is 1. The molecule has 2 aliphatic rings. The number of rotatable bonds is 2. The summed E-state index contributed by atoms with van der Waals surface area (Å²) >= 11 is 6.41. The normalized spacial score (nSPS) is 29.2. The van der Waals surface area contributed by atoms with E-state index in [-0.39, 0.29) is 5.02 Å².